The second-order valence-corrected chi connectivity index (χ2v) is 6.86. The molecule has 0 aliphatic heterocycles. The Balaban J connectivity index is 1.93. The monoisotopic (exact) mass is 308 g/mol. The molecular formula is C19H24N2Si. The van der Waals surface area contributed by atoms with Gasteiger partial charge in [-0.1, -0.05) is 36.0 Å². The molecular weight excluding hydrogens is 284 g/mol. The Morgan fingerprint density at radius 2 is 1.50 bits per heavy atom. The first-order valence-electron chi connectivity index (χ1n) is 7.50. The van der Waals surface area contributed by atoms with Gasteiger partial charge in [0.25, 0.3) is 0 Å². The molecule has 0 spiro atoms. The van der Waals surface area contributed by atoms with Gasteiger partial charge in [-0.3, -0.25) is 0 Å². The smallest absolute Gasteiger partial charge is 0.0751 e. The number of nitrogens with zero attached hydrogens (tertiary/aromatic N) is 2. The predicted octanol–water partition coefficient (Wildman–Crippen LogP) is 3.69. The fourth-order valence-electron chi connectivity index (χ4n) is 2.18. The van der Waals surface area contributed by atoms with Crippen LogP contribution in [0.1, 0.15) is 11.1 Å². The summed E-state index contributed by atoms with van der Waals surface area (Å²) < 4.78 is 0. The summed E-state index contributed by atoms with van der Waals surface area (Å²) in [5.74, 6) is 0. The Morgan fingerprint density at radius 3 is 2.18 bits per heavy atom. The van der Waals surface area contributed by atoms with Crippen molar-refractivity contribution in [2.75, 3.05) is 38.0 Å². The molecule has 22 heavy (non-hydrogen) atoms. The molecule has 2 aromatic carbocycles. The molecule has 0 saturated carbocycles. The van der Waals surface area contributed by atoms with Crippen LogP contribution in [0.5, 0.6) is 0 Å². The van der Waals surface area contributed by atoms with E-state index in [1.165, 1.54) is 22.5 Å². The van der Waals surface area contributed by atoms with Crippen LogP contribution in [0.4, 0.5) is 11.4 Å². The SMILES string of the molecule is CN(C)c1cccc(C=C[Si]Cc2cccc(N(C)C)c2)c1. The summed E-state index contributed by atoms with van der Waals surface area (Å²) in [7, 11) is 9.11. The minimum Gasteiger partial charge on any atom is -0.378 e. The molecule has 0 bridgehead atoms. The highest BCUT2D eigenvalue weighted by atomic mass is 28.2. The summed E-state index contributed by atoms with van der Waals surface area (Å²) >= 11 is 0. The average molecular weight is 309 g/mol. The van der Waals surface area contributed by atoms with Gasteiger partial charge in [-0.2, -0.15) is 0 Å². The maximum Gasteiger partial charge on any atom is 0.0751 e. The topological polar surface area (TPSA) is 6.48 Å². The van der Waals surface area contributed by atoms with Crippen LogP contribution in [-0.4, -0.2) is 37.7 Å². The van der Waals surface area contributed by atoms with Crippen molar-refractivity contribution >= 4 is 27.0 Å². The van der Waals surface area contributed by atoms with Crippen LogP contribution < -0.4 is 9.80 Å². The van der Waals surface area contributed by atoms with Crippen molar-refractivity contribution in [2.45, 2.75) is 6.04 Å². The Kier molecular flexibility index (Phi) is 5.84. The third kappa shape index (κ3) is 4.78. The molecule has 2 rings (SSSR count). The first-order chi connectivity index (χ1) is 10.6. The van der Waals surface area contributed by atoms with Crippen molar-refractivity contribution in [1.82, 2.24) is 0 Å². The standard InChI is InChI=1S/C19H24N2Si/c1-20(2)18-9-5-7-16(13-18)11-12-22-15-17-8-6-10-19(14-17)21(3)4/h5-14H,15H2,1-4H3. The zero-order valence-corrected chi connectivity index (χ0v) is 14.9. The minimum atomic E-state index is 0.804. The van der Waals surface area contributed by atoms with Crippen LogP contribution in [0.25, 0.3) is 6.08 Å². The number of benzene rings is 2. The van der Waals surface area contributed by atoms with Crippen LogP contribution in [0, 0.1) is 0 Å². The molecule has 3 heteroatoms. The zero-order valence-electron chi connectivity index (χ0n) is 13.9. The minimum absolute atomic E-state index is 0.804. The van der Waals surface area contributed by atoms with Crippen molar-refractivity contribution in [2.24, 2.45) is 0 Å². The fraction of sp³-hybridized carbons (Fsp3) is 0.263. The molecule has 2 nitrogen and oxygen atoms in total. The van der Waals surface area contributed by atoms with Crippen molar-refractivity contribution in [1.29, 1.82) is 0 Å². The van der Waals surface area contributed by atoms with Gasteiger partial charge in [-0.05, 0) is 41.4 Å². The maximum atomic E-state index is 2.29. The predicted molar refractivity (Wildman–Crippen MR) is 100 cm³/mol. The number of rotatable bonds is 6. The molecule has 0 fully saturated rings. The van der Waals surface area contributed by atoms with E-state index in [0.717, 1.165) is 15.6 Å². The lowest BCUT2D eigenvalue weighted by Gasteiger charge is -2.13. The lowest BCUT2D eigenvalue weighted by molar-refractivity contribution is 1.12. The quantitative estimate of drug-likeness (QED) is 0.751. The normalized spacial score (nSPS) is 10.9. The van der Waals surface area contributed by atoms with Gasteiger partial charge < -0.3 is 9.80 Å². The number of hydrogen-bond donors (Lipinski definition) is 0. The summed E-state index contributed by atoms with van der Waals surface area (Å²) in [6.07, 6.45) is 2.22. The maximum absolute atomic E-state index is 2.29. The summed E-state index contributed by atoms with van der Waals surface area (Å²) in [6.45, 7) is 0. The Labute approximate surface area is 136 Å². The molecule has 0 unspecified atom stereocenters. The first-order valence-corrected chi connectivity index (χ1v) is 8.78. The molecule has 0 atom stereocenters. The van der Waals surface area contributed by atoms with E-state index in [1.54, 1.807) is 0 Å². The molecule has 2 radical (unpaired) electrons. The van der Waals surface area contributed by atoms with Gasteiger partial charge in [0, 0.05) is 39.6 Å². The highest BCUT2D eigenvalue weighted by molar-refractivity contribution is 6.42. The van der Waals surface area contributed by atoms with Crippen LogP contribution in [0.15, 0.2) is 54.2 Å². The van der Waals surface area contributed by atoms with Gasteiger partial charge in [0.1, 0.15) is 0 Å². The summed E-state index contributed by atoms with van der Waals surface area (Å²) in [5, 5.41) is 0. The van der Waals surface area contributed by atoms with Crippen LogP contribution in [-0.2, 0) is 6.04 Å². The van der Waals surface area contributed by atoms with E-state index >= 15 is 0 Å². The van der Waals surface area contributed by atoms with Crippen LogP contribution >= 0.6 is 0 Å². The summed E-state index contributed by atoms with van der Waals surface area (Å²) in [6, 6.07) is 18.5. The second-order valence-electron chi connectivity index (χ2n) is 5.77. The molecule has 0 saturated heterocycles. The van der Waals surface area contributed by atoms with Crippen LogP contribution in [0.2, 0.25) is 0 Å². The summed E-state index contributed by atoms with van der Waals surface area (Å²) in [5.41, 5.74) is 7.46. The van der Waals surface area contributed by atoms with Gasteiger partial charge >= 0.3 is 0 Å². The van der Waals surface area contributed by atoms with Gasteiger partial charge in [-0.25, -0.2) is 0 Å². The van der Waals surface area contributed by atoms with Gasteiger partial charge in [0.15, 0.2) is 0 Å². The second kappa shape index (κ2) is 7.85. The number of anilines is 2. The Hall–Kier alpha value is -2.00. The lowest BCUT2D eigenvalue weighted by Crippen LogP contribution is -2.09. The van der Waals surface area contributed by atoms with Crippen molar-refractivity contribution in [3.63, 3.8) is 0 Å². The summed E-state index contributed by atoms with van der Waals surface area (Å²) in [4.78, 5) is 4.28. The van der Waals surface area contributed by atoms with Gasteiger partial charge in [-0.15, -0.1) is 0 Å². The molecule has 2 aromatic rings. The Morgan fingerprint density at radius 1 is 0.864 bits per heavy atom. The van der Waals surface area contributed by atoms with E-state index in [-0.39, 0.29) is 0 Å². The van der Waals surface area contributed by atoms with Gasteiger partial charge in [0.2, 0.25) is 0 Å². The van der Waals surface area contributed by atoms with E-state index in [4.69, 9.17) is 0 Å². The third-order valence-corrected chi connectivity index (χ3v) is 4.53. The Bertz CT molecular complexity index is 633. The van der Waals surface area contributed by atoms with E-state index in [9.17, 15) is 0 Å². The molecule has 0 N–H and O–H groups in total. The molecule has 0 heterocycles. The highest BCUT2D eigenvalue weighted by Gasteiger charge is 1.98. The third-order valence-electron chi connectivity index (χ3n) is 3.51. The number of hydrogen-bond acceptors (Lipinski definition) is 2. The van der Waals surface area contributed by atoms with Crippen molar-refractivity contribution in [3.05, 3.63) is 65.4 Å². The zero-order chi connectivity index (χ0) is 15.9. The molecule has 114 valence electrons. The van der Waals surface area contributed by atoms with E-state index < -0.39 is 0 Å². The average Bonchev–Trinajstić information content (AvgIpc) is 2.52. The molecule has 0 amide bonds. The van der Waals surface area contributed by atoms with E-state index in [2.05, 4.69) is 98.3 Å². The highest BCUT2D eigenvalue weighted by Crippen LogP contribution is 2.15. The van der Waals surface area contributed by atoms with E-state index in [1.807, 2.05) is 0 Å². The molecule has 0 aliphatic rings. The van der Waals surface area contributed by atoms with Gasteiger partial charge in [0.05, 0.1) is 9.52 Å². The lowest BCUT2D eigenvalue weighted by atomic mass is 10.2. The van der Waals surface area contributed by atoms with E-state index in [0.29, 0.717) is 0 Å². The molecule has 0 aliphatic carbocycles. The van der Waals surface area contributed by atoms with Crippen molar-refractivity contribution < 1.29 is 0 Å². The van der Waals surface area contributed by atoms with Crippen molar-refractivity contribution in [3.8, 4) is 0 Å². The first kappa shape index (κ1) is 16.4. The largest absolute Gasteiger partial charge is 0.378 e. The molecule has 0 aromatic heterocycles. The fourth-order valence-corrected chi connectivity index (χ4v) is 3.07. The van der Waals surface area contributed by atoms with Crippen LogP contribution in [0.3, 0.4) is 0 Å².